The Labute approximate surface area is 170 Å². The third-order valence-electron chi connectivity index (χ3n) is 4.64. The van der Waals surface area contributed by atoms with Crippen molar-refractivity contribution in [3.05, 3.63) is 46.7 Å². The molecule has 0 aromatic carbocycles. The van der Waals surface area contributed by atoms with Crippen molar-refractivity contribution < 1.29 is 9.59 Å². The molecule has 1 aliphatic heterocycles. The lowest BCUT2D eigenvalue weighted by Gasteiger charge is -2.31. The summed E-state index contributed by atoms with van der Waals surface area (Å²) in [5.41, 5.74) is 1.61. The number of piperidine rings is 1. The van der Waals surface area contributed by atoms with E-state index in [9.17, 15) is 9.59 Å². The van der Waals surface area contributed by atoms with Gasteiger partial charge in [0, 0.05) is 42.6 Å². The Balaban J connectivity index is 1.47. The molecule has 1 unspecified atom stereocenters. The Morgan fingerprint density at radius 1 is 1.32 bits per heavy atom. The van der Waals surface area contributed by atoms with Crippen LogP contribution in [0.1, 0.15) is 28.2 Å². The molecule has 1 fully saturated rings. The predicted octanol–water partition coefficient (Wildman–Crippen LogP) is 3.46. The second-order valence-corrected chi connectivity index (χ2v) is 8.49. The highest BCUT2D eigenvalue weighted by Gasteiger charge is 2.31. The number of nitrogens with one attached hydrogen (secondary N) is 1. The van der Waals surface area contributed by atoms with Crippen molar-refractivity contribution in [2.45, 2.75) is 19.8 Å². The van der Waals surface area contributed by atoms with Crippen molar-refractivity contribution in [2.75, 3.05) is 18.4 Å². The number of carbonyl (C=O) groups excluding carboxylic acids is 2. The molecule has 0 aliphatic carbocycles. The molecule has 1 aliphatic rings. The molecule has 2 amide bonds. The van der Waals surface area contributed by atoms with Crippen molar-refractivity contribution in [1.29, 1.82) is 0 Å². The molecular formula is C19H19N5O2S2. The Morgan fingerprint density at radius 3 is 2.96 bits per heavy atom. The highest BCUT2D eigenvalue weighted by molar-refractivity contribution is 7.17. The first-order valence-corrected chi connectivity index (χ1v) is 10.7. The largest absolute Gasteiger partial charge is 0.337 e. The molecule has 0 bridgehead atoms. The molecule has 0 saturated carbocycles. The van der Waals surface area contributed by atoms with Crippen LogP contribution in [0.15, 0.2) is 36.1 Å². The number of carbonyl (C=O) groups is 2. The second-order valence-electron chi connectivity index (χ2n) is 6.59. The van der Waals surface area contributed by atoms with E-state index >= 15 is 0 Å². The number of aryl methyl sites for hydroxylation is 1. The van der Waals surface area contributed by atoms with Crippen LogP contribution in [0.4, 0.5) is 5.13 Å². The van der Waals surface area contributed by atoms with Crippen LogP contribution in [0, 0.1) is 12.8 Å². The number of amides is 2. The summed E-state index contributed by atoms with van der Waals surface area (Å²) in [7, 11) is 0. The van der Waals surface area contributed by atoms with E-state index in [1.165, 1.54) is 22.7 Å². The maximum absolute atomic E-state index is 13.1. The van der Waals surface area contributed by atoms with Gasteiger partial charge in [-0.05, 0) is 31.9 Å². The molecule has 9 heteroatoms. The Morgan fingerprint density at radius 2 is 2.21 bits per heavy atom. The number of rotatable bonds is 4. The van der Waals surface area contributed by atoms with Gasteiger partial charge in [0.05, 0.1) is 11.6 Å². The van der Waals surface area contributed by atoms with E-state index < -0.39 is 0 Å². The molecule has 1 N–H and O–H groups in total. The zero-order valence-electron chi connectivity index (χ0n) is 15.3. The molecule has 1 atom stereocenters. The molecule has 3 aromatic heterocycles. The summed E-state index contributed by atoms with van der Waals surface area (Å²) in [6.07, 6.45) is 6.68. The van der Waals surface area contributed by atoms with Crippen LogP contribution in [0.3, 0.4) is 0 Å². The first kappa shape index (κ1) is 18.7. The summed E-state index contributed by atoms with van der Waals surface area (Å²) in [5.74, 6) is -0.367. The van der Waals surface area contributed by atoms with Crippen LogP contribution in [-0.4, -0.2) is 44.8 Å². The third-order valence-corrected chi connectivity index (χ3v) is 6.52. The van der Waals surface area contributed by atoms with Gasteiger partial charge in [-0.2, -0.15) is 0 Å². The first-order chi connectivity index (χ1) is 13.6. The minimum Gasteiger partial charge on any atom is -0.337 e. The lowest BCUT2D eigenvalue weighted by atomic mass is 9.97. The van der Waals surface area contributed by atoms with Gasteiger partial charge in [0.2, 0.25) is 5.91 Å². The minimum atomic E-state index is -0.229. The van der Waals surface area contributed by atoms with E-state index in [2.05, 4.69) is 20.3 Å². The zero-order valence-corrected chi connectivity index (χ0v) is 16.9. The lowest BCUT2D eigenvalue weighted by Crippen LogP contribution is -2.43. The fraction of sp³-hybridized carbons (Fsp3) is 0.316. The van der Waals surface area contributed by atoms with Crippen LogP contribution in [0.2, 0.25) is 0 Å². The van der Waals surface area contributed by atoms with Gasteiger partial charge in [0.15, 0.2) is 5.13 Å². The topological polar surface area (TPSA) is 88.1 Å². The average molecular weight is 414 g/mol. The Hall–Kier alpha value is -2.65. The molecule has 0 radical (unpaired) electrons. The maximum Gasteiger partial charge on any atom is 0.265 e. The van der Waals surface area contributed by atoms with E-state index in [0.717, 1.165) is 23.4 Å². The fourth-order valence-electron chi connectivity index (χ4n) is 3.22. The van der Waals surface area contributed by atoms with Gasteiger partial charge in [-0.1, -0.05) is 0 Å². The van der Waals surface area contributed by atoms with Gasteiger partial charge >= 0.3 is 0 Å². The number of nitrogens with zero attached hydrogens (tertiary/aromatic N) is 4. The summed E-state index contributed by atoms with van der Waals surface area (Å²) in [6.45, 7) is 2.91. The van der Waals surface area contributed by atoms with Crippen molar-refractivity contribution in [1.82, 2.24) is 19.9 Å². The van der Waals surface area contributed by atoms with Gasteiger partial charge in [-0.3, -0.25) is 14.6 Å². The van der Waals surface area contributed by atoms with Crippen molar-refractivity contribution >= 4 is 39.6 Å². The Kier molecular flexibility index (Phi) is 5.45. The fourth-order valence-corrected chi connectivity index (χ4v) is 4.78. The van der Waals surface area contributed by atoms with Crippen molar-refractivity contribution in [2.24, 2.45) is 5.92 Å². The van der Waals surface area contributed by atoms with Crippen LogP contribution >= 0.6 is 22.7 Å². The summed E-state index contributed by atoms with van der Waals surface area (Å²) >= 11 is 2.76. The van der Waals surface area contributed by atoms with Gasteiger partial charge in [-0.25, -0.2) is 9.97 Å². The normalized spacial score (nSPS) is 16.8. The molecule has 0 spiro atoms. The number of anilines is 1. The number of thiazole rings is 2. The molecule has 4 rings (SSSR count). The monoisotopic (exact) mass is 413 g/mol. The summed E-state index contributed by atoms with van der Waals surface area (Å²) in [5, 5.41) is 6.03. The number of hydrogen-bond acceptors (Lipinski definition) is 7. The molecule has 28 heavy (non-hydrogen) atoms. The quantitative estimate of drug-likeness (QED) is 0.708. The van der Waals surface area contributed by atoms with Crippen molar-refractivity contribution in [3.63, 3.8) is 0 Å². The number of pyridine rings is 1. The maximum atomic E-state index is 13.1. The summed E-state index contributed by atoms with van der Waals surface area (Å²) in [4.78, 5) is 40.8. The van der Waals surface area contributed by atoms with E-state index in [0.29, 0.717) is 28.8 Å². The number of aromatic nitrogens is 3. The van der Waals surface area contributed by atoms with E-state index in [1.54, 1.807) is 23.5 Å². The molecule has 7 nitrogen and oxygen atoms in total. The molecular weight excluding hydrogens is 394 g/mol. The highest BCUT2D eigenvalue weighted by Crippen LogP contribution is 2.29. The van der Waals surface area contributed by atoms with Crippen LogP contribution in [0.5, 0.6) is 0 Å². The minimum absolute atomic E-state index is 0.0584. The number of hydrogen-bond donors (Lipinski definition) is 1. The van der Waals surface area contributed by atoms with E-state index in [1.807, 2.05) is 24.4 Å². The smallest absolute Gasteiger partial charge is 0.265 e. The SMILES string of the molecule is Cc1nc(-c2cccnc2)sc1C(=O)N1CCCC(C(=O)Nc2nccs2)C1. The standard InChI is InChI=1S/C19H19N5O2S2/c1-12-15(28-17(22-12)13-4-2-6-20-10-13)18(26)24-8-3-5-14(11-24)16(25)23-19-21-7-9-27-19/h2,4,6-7,9-10,14H,3,5,8,11H2,1H3,(H,21,23,25). The highest BCUT2D eigenvalue weighted by atomic mass is 32.1. The predicted molar refractivity (Wildman–Crippen MR) is 109 cm³/mol. The van der Waals surface area contributed by atoms with Crippen molar-refractivity contribution in [3.8, 4) is 10.6 Å². The van der Waals surface area contributed by atoms with Gasteiger partial charge < -0.3 is 10.2 Å². The van der Waals surface area contributed by atoms with E-state index in [-0.39, 0.29) is 17.7 Å². The van der Waals surface area contributed by atoms with Gasteiger partial charge in [0.25, 0.3) is 5.91 Å². The van der Waals surface area contributed by atoms with Crippen LogP contribution in [-0.2, 0) is 4.79 Å². The zero-order chi connectivity index (χ0) is 19.5. The average Bonchev–Trinajstić information content (AvgIpc) is 3.38. The molecule has 3 aromatic rings. The lowest BCUT2D eigenvalue weighted by molar-refractivity contribution is -0.121. The molecule has 144 valence electrons. The third kappa shape index (κ3) is 3.95. The number of likely N-dealkylation sites (tertiary alicyclic amines) is 1. The summed E-state index contributed by atoms with van der Waals surface area (Å²) in [6, 6.07) is 3.78. The second kappa shape index (κ2) is 8.15. The molecule has 4 heterocycles. The molecule has 1 saturated heterocycles. The van der Waals surface area contributed by atoms with Gasteiger partial charge in [0.1, 0.15) is 9.88 Å². The van der Waals surface area contributed by atoms with Crippen LogP contribution in [0.25, 0.3) is 10.6 Å². The Bertz CT molecular complexity index is 972. The van der Waals surface area contributed by atoms with E-state index in [4.69, 9.17) is 0 Å². The summed E-state index contributed by atoms with van der Waals surface area (Å²) < 4.78 is 0. The van der Waals surface area contributed by atoms with Crippen LogP contribution < -0.4 is 5.32 Å². The van der Waals surface area contributed by atoms with Gasteiger partial charge in [-0.15, -0.1) is 22.7 Å². The first-order valence-electron chi connectivity index (χ1n) is 8.99.